The van der Waals surface area contributed by atoms with Crippen molar-refractivity contribution in [1.29, 1.82) is 0 Å². The van der Waals surface area contributed by atoms with E-state index in [1.165, 1.54) is 14.2 Å². The number of amides is 1. The van der Waals surface area contributed by atoms with Crippen molar-refractivity contribution in [3.63, 3.8) is 0 Å². The number of carbonyl (C=O) groups is 1. The Bertz CT molecular complexity index is 633. The molecule has 1 aliphatic rings. The van der Waals surface area contributed by atoms with Crippen molar-refractivity contribution in [2.75, 3.05) is 14.2 Å². The van der Waals surface area contributed by atoms with E-state index in [1.54, 1.807) is 24.3 Å². The smallest absolute Gasteiger partial charge is 0.252 e. The second-order valence-electron chi connectivity index (χ2n) is 5.42. The fraction of sp³-hybridized carbons (Fsp3) is 0.533. The first-order chi connectivity index (χ1) is 12.0. The van der Waals surface area contributed by atoms with E-state index in [0.717, 1.165) is 5.56 Å². The van der Waals surface area contributed by atoms with Gasteiger partial charge in [-0.3, -0.25) is 4.79 Å². The molecule has 10 nitrogen and oxygen atoms in total. The lowest BCUT2D eigenvalue weighted by Crippen LogP contribution is -2.62. The summed E-state index contributed by atoms with van der Waals surface area (Å²) in [6.07, 6.45) is -5.97. The summed E-state index contributed by atoms with van der Waals surface area (Å²) in [6, 6.07) is 6.65. The number of aliphatic hydroxyl groups excluding tert-OH is 2. The number of methoxy groups -OCH3 is 2. The van der Waals surface area contributed by atoms with Gasteiger partial charge in [0.05, 0.1) is 0 Å². The predicted molar refractivity (Wildman–Crippen MR) is 85.6 cm³/mol. The van der Waals surface area contributed by atoms with Crippen molar-refractivity contribution in [3.8, 4) is 0 Å². The number of ether oxygens (including phenoxy) is 3. The van der Waals surface area contributed by atoms with Crippen LogP contribution in [0.2, 0.25) is 0 Å². The van der Waals surface area contributed by atoms with Crippen LogP contribution in [0.1, 0.15) is 5.56 Å². The predicted octanol–water partition coefficient (Wildman–Crippen LogP) is 0.353. The average molecular weight is 352 g/mol. The number of nitrogens with one attached hydrogen (secondary N) is 1. The summed E-state index contributed by atoms with van der Waals surface area (Å²) in [5, 5.41) is 26.1. The monoisotopic (exact) mass is 352 g/mol. The number of benzene rings is 1. The van der Waals surface area contributed by atoms with Crippen LogP contribution in [0.5, 0.6) is 0 Å². The van der Waals surface area contributed by atoms with Gasteiger partial charge in [-0.2, -0.15) is 0 Å². The van der Waals surface area contributed by atoms with Crippen molar-refractivity contribution in [2.24, 2.45) is 5.11 Å². The van der Waals surface area contributed by atoms with Crippen LogP contribution in [-0.2, 0) is 25.5 Å². The SMILES string of the molecule is CO[C@@H]1OC(C(=O)NCc2ccc(N=[N+]=[N-])cc2)[C@@H](OC)[C@H](O)[C@@H]1O. The van der Waals surface area contributed by atoms with Gasteiger partial charge in [0.25, 0.3) is 5.91 Å². The van der Waals surface area contributed by atoms with Crippen molar-refractivity contribution in [2.45, 2.75) is 37.3 Å². The van der Waals surface area contributed by atoms with Crippen molar-refractivity contribution >= 4 is 11.6 Å². The van der Waals surface area contributed by atoms with Gasteiger partial charge in [-0.1, -0.05) is 29.4 Å². The summed E-state index contributed by atoms with van der Waals surface area (Å²) < 4.78 is 15.4. The number of aliphatic hydroxyl groups is 2. The number of hydrogen-bond acceptors (Lipinski definition) is 7. The number of hydrogen-bond donors (Lipinski definition) is 3. The van der Waals surface area contributed by atoms with Gasteiger partial charge in [0, 0.05) is 31.4 Å². The van der Waals surface area contributed by atoms with Gasteiger partial charge in [0.1, 0.15) is 18.3 Å². The van der Waals surface area contributed by atoms with E-state index in [9.17, 15) is 15.0 Å². The van der Waals surface area contributed by atoms with Gasteiger partial charge in [-0.25, -0.2) is 0 Å². The Kier molecular flexibility index (Phi) is 6.71. The van der Waals surface area contributed by atoms with Crippen molar-refractivity contribution in [3.05, 3.63) is 40.3 Å². The quantitative estimate of drug-likeness (QED) is 0.382. The van der Waals surface area contributed by atoms with Crippen LogP contribution >= 0.6 is 0 Å². The molecule has 25 heavy (non-hydrogen) atoms. The minimum Gasteiger partial charge on any atom is -0.387 e. The summed E-state index contributed by atoms with van der Waals surface area (Å²) in [4.78, 5) is 15.1. The van der Waals surface area contributed by atoms with E-state index in [4.69, 9.17) is 19.7 Å². The standard InChI is InChI=1S/C15H20N4O6/c1-23-12-10(20)11(21)15(24-2)25-13(12)14(22)17-7-8-3-5-9(6-4-8)18-19-16/h3-6,10-13,15,20-21H,7H2,1-2H3,(H,17,22)/t10-,11+,12+,13?,15-/m1/s1. The van der Waals surface area contributed by atoms with Gasteiger partial charge in [0.2, 0.25) is 0 Å². The fourth-order valence-electron chi connectivity index (χ4n) is 2.53. The lowest BCUT2D eigenvalue weighted by Gasteiger charge is -2.40. The molecule has 1 aromatic carbocycles. The molecule has 1 unspecified atom stereocenters. The molecule has 1 heterocycles. The van der Waals surface area contributed by atoms with Crippen molar-refractivity contribution < 1.29 is 29.2 Å². The molecule has 0 radical (unpaired) electrons. The van der Waals surface area contributed by atoms with Crippen LogP contribution < -0.4 is 5.32 Å². The molecule has 0 aliphatic carbocycles. The maximum absolute atomic E-state index is 12.4. The average Bonchev–Trinajstić information content (AvgIpc) is 2.63. The first kappa shape index (κ1) is 19.1. The maximum atomic E-state index is 12.4. The molecule has 1 saturated heterocycles. The first-order valence-corrected chi connectivity index (χ1v) is 7.50. The second kappa shape index (κ2) is 8.77. The van der Waals surface area contributed by atoms with E-state index >= 15 is 0 Å². The Balaban J connectivity index is 2.01. The topological polar surface area (TPSA) is 146 Å². The Hall–Kier alpha value is -2.20. The zero-order valence-electron chi connectivity index (χ0n) is 13.8. The van der Waals surface area contributed by atoms with Gasteiger partial charge in [-0.05, 0) is 11.1 Å². The highest BCUT2D eigenvalue weighted by Crippen LogP contribution is 2.24. The lowest BCUT2D eigenvalue weighted by atomic mass is 9.98. The third-order valence-corrected chi connectivity index (χ3v) is 3.87. The van der Waals surface area contributed by atoms with Crippen LogP contribution in [0.25, 0.3) is 10.4 Å². The molecule has 5 atom stereocenters. The minimum absolute atomic E-state index is 0.196. The number of azide groups is 1. The van der Waals surface area contributed by atoms with Gasteiger partial charge < -0.3 is 29.7 Å². The van der Waals surface area contributed by atoms with Crippen LogP contribution in [0.3, 0.4) is 0 Å². The number of carbonyl (C=O) groups excluding carboxylic acids is 1. The molecule has 0 saturated carbocycles. The second-order valence-corrected chi connectivity index (χ2v) is 5.42. The molecular formula is C15H20N4O6. The van der Waals surface area contributed by atoms with Crippen LogP contribution in [-0.4, -0.2) is 61.0 Å². The normalized spacial score (nSPS) is 28.9. The van der Waals surface area contributed by atoms with E-state index in [2.05, 4.69) is 15.3 Å². The molecule has 0 spiro atoms. The molecule has 0 aromatic heterocycles. The summed E-state index contributed by atoms with van der Waals surface area (Å²) in [5.41, 5.74) is 9.61. The number of nitrogens with zero attached hydrogens (tertiary/aromatic N) is 3. The zero-order chi connectivity index (χ0) is 18.4. The fourth-order valence-corrected chi connectivity index (χ4v) is 2.53. The highest BCUT2D eigenvalue weighted by molar-refractivity contribution is 5.81. The minimum atomic E-state index is -1.33. The molecule has 3 N–H and O–H groups in total. The van der Waals surface area contributed by atoms with Gasteiger partial charge in [0.15, 0.2) is 12.4 Å². The Labute approximate surface area is 143 Å². The molecule has 1 fully saturated rings. The molecule has 2 rings (SSSR count). The molecule has 1 amide bonds. The highest BCUT2D eigenvalue weighted by atomic mass is 16.7. The third-order valence-electron chi connectivity index (χ3n) is 3.87. The lowest BCUT2D eigenvalue weighted by molar-refractivity contribution is -0.287. The van der Waals surface area contributed by atoms with E-state index in [1.807, 2.05) is 0 Å². The maximum Gasteiger partial charge on any atom is 0.252 e. The summed E-state index contributed by atoms with van der Waals surface area (Å²) >= 11 is 0. The zero-order valence-corrected chi connectivity index (χ0v) is 13.8. The van der Waals surface area contributed by atoms with E-state index < -0.39 is 36.6 Å². The molecule has 1 aromatic rings. The first-order valence-electron chi connectivity index (χ1n) is 7.50. The van der Waals surface area contributed by atoms with Crippen LogP contribution in [0.4, 0.5) is 5.69 Å². The van der Waals surface area contributed by atoms with Gasteiger partial charge >= 0.3 is 0 Å². The Morgan fingerprint density at radius 2 is 1.96 bits per heavy atom. The Morgan fingerprint density at radius 1 is 1.28 bits per heavy atom. The van der Waals surface area contributed by atoms with Crippen molar-refractivity contribution in [1.82, 2.24) is 5.32 Å². The largest absolute Gasteiger partial charge is 0.387 e. The molecule has 136 valence electrons. The summed E-state index contributed by atoms with van der Waals surface area (Å²) in [5.74, 6) is -0.515. The van der Waals surface area contributed by atoms with E-state index in [0.29, 0.717) is 5.69 Å². The highest BCUT2D eigenvalue weighted by Gasteiger charge is 2.47. The third kappa shape index (κ3) is 4.45. The molecule has 0 bridgehead atoms. The summed E-state index contributed by atoms with van der Waals surface area (Å²) in [6.45, 7) is 0.196. The summed E-state index contributed by atoms with van der Waals surface area (Å²) in [7, 11) is 2.61. The van der Waals surface area contributed by atoms with Crippen LogP contribution in [0, 0.1) is 0 Å². The molecular weight excluding hydrogens is 332 g/mol. The van der Waals surface area contributed by atoms with Crippen LogP contribution in [0.15, 0.2) is 29.4 Å². The number of rotatable bonds is 6. The molecule has 10 heteroatoms. The molecule has 1 aliphatic heterocycles. The van der Waals surface area contributed by atoms with Gasteiger partial charge in [-0.15, -0.1) is 0 Å². The Morgan fingerprint density at radius 3 is 2.52 bits per heavy atom. The van der Waals surface area contributed by atoms with E-state index in [-0.39, 0.29) is 6.54 Å².